The molecule has 0 aromatic heterocycles. The summed E-state index contributed by atoms with van der Waals surface area (Å²) in [5, 5.41) is 11.2. The molecular formula is C22H34O8. The number of fused-ring (bicyclic) bond motifs is 3. The predicted molar refractivity (Wildman–Crippen MR) is 103 cm³/mol. The third-order valence-electron chi connectivity index (χ3n) is 8.70. The van der Waals surface area contributed by atoms with E-state index in [1.807, 2.05) is 0 Å². The second-order valence-electron chi connectivity index (χ2n) is 9.69. The van der Waals surface area contributed by atoms with Crippen LogP contribution in [-0.4, -0.2) is 82.4 Å². The summed E-state index contributed by atoms with van der Waals surface area (Å²) in [6.45, 7) is 0.631. The molecule has 10 atom stereocenters. The fraction of sp³-hybridized carbons (Fsp3) is 0.955. The maximum Gasteiger partial charge on any atom is 0.309 e. The number of hydrogen-bond acceptors (Lipinski definition) is 8. The van der Waals surface area contributed by atoms with E-state index in [4.69, 9.17) is 28.4 Å². The van der Waals surface area contributed by atoms with Crippen LogP contribution in [0.5, 0.6) is 0 Å². The van der Waals surface area contributed by atoms with Gasteiger partial charge in [-0.05, 0) is 49.4 Å². The Hall–Kier alpha value is -0.770. The smallest absolute Gasteiger partial charge is 0.309 e. The Bertz CT molecular complexity index is 629. The molecule has 8 heteroatoms. The Kier molecular flexibility index (Phi) is 5.83. The van der Waals surface area contributed by atoms with Crippen LogP contribution in [-0.2, 0) is 33.2 Å². The molecule has 10 unspecified atom stereocenters. The Balaban J connectivity index is 1.48. The molecule has 170 valence electrons. The van der Waals surface area contributed by atoms with Crippen LogP contribution in [0, 0.1) is 35.5 Å². The SMILES string of the molecule is COC1CC(C2C3CC4OCOC4CC3C(O)C3COC(=O)C32)CC(OC)C1OC. The van der Waals surface area contributed by atoms with Crippen LogP contribution in [0.2, 0.25) is 0 Å². The minimum absolute atomic E-state index is 0.0406. The molecule has 30 heavy (non-hydrogen) atoms. The van der Waals surface area contributed by atoms with Crippen LogP contribution in [0.25, 0.3) is 0 Å². The van der Waals surface area contributed by atoms with Gasteiger partial charge in [0, 0.05) is 27.2 Å². The topological polar surface area (TPSA) is 92.7 Å². The third kappa shape index (κ3) is 3.22. The normalized spacial score (nSPS) is 53.0. The Morgan fingerprint density at radius 1 is 0.867 bits per heavy atom. The predicted octanol–water partition coefficient (Wildman–Crippen LogP) is 0.989. The van der Waals surface area contributed by atoms with E-state index >= 15 is 0 Å². The lowest BCUT2D eigenvalue weighted by molar-refractivity contribution is -0.176. The standard InChI is InChI=1S/C22H34O8/c1-25-16-4-10(5-17(26-2)21(16)27-3)18-11-6-14-15(30-9-29-14)7-12(11)20(23)13-8-28-22(24)19(13)18/h10-21,23H,4-9H2,1-3H3. The number of ether oxygens (including phenoxy) is 6. The van der Waals surface area contributed by atoms with Crippen LogP contribution in [0.1, 0.15) is 25.7 Å². The maximum atomic E-state index is 12.9. The Morgan fingerprint density at radius 3 is 2.10 bits per heavy atom. The van der Waals surface area contributed by atoms with Crippen LogP contribution in [0.15, 0.2) is 0 Å². The quantitative estimate of drug-likeness (QED) is 0.666. The lowest BCUT2D eigenvalue weighted by Crippen LogP contribution is -2.58. The zero-order chi connectivity index (χ0) is 21.0. The molecule has 2 aliphatic heterocycles. The monoisotopic (exact) mass is 426 g/mol. The van der Waals surface area contributed by atoms with Crippen molar-refractivity contribution in [2.45, 2.75) is 62.3 Å². The summed E-state index contributed by atoms with van der Waals surface area (Å²) in [5.74, 6) is 0.0266. The first-order valence-electron chi connectivity index (χ1n) is 11.2. The van der Waals surface area contributed by atoms with Gasteiger partial charge < -0.3 is 33.5 Å². The van der Waals surface area contributed by atoms with E-state index < -0.39 is 6.10 Å². The third-order valence-corrected chi connectivity index (χ3v) is 8.70. The van der Waals surface area contributed by atoms with Crippen molar-refractivity contribution < 1.29 is 38.3 Å². The first-order chi connectivity index (χ1) is 14.6. The van der Waals surface area contributed by atoms with Gasteiger partial charge in [-0.3, -0.25) is 4.79 Å². The zero-order valence-electron chi connectivity index (χ0n) is 18.0. The van der Waals surface area contributed by atoms with Gasteiger partial charge in [0.15, 0.2) is 0 Å². The van der Waals surface area contributed by atoms with Gasteiger partial charge in [-0.15, -0.1) is 0 Å². The number of rotatable bonds is 4. The number of aliphatic hydroxyl groups is 1. The van der Waals surface area contributed by atoms with Gasteiger partial charge in [-0.1, -0.05) is 0 Å². The first-order valence-corrected chi connectivity index (χ1v) is 11.2. The molecule has 5 aliphatic rings. The van der Waals surface area contributed by atoms with E-state index in [1.54, 1.807) is 21.3 Å². The summed E-state index contributed by atoms with van der Waals surface area (Å²) in [7, 11) is 5.11. The van der Waals surface area contributed by atoms with E-state index in [0.29, 0.717) is 13.4 Å². The van der Waals surface area contributed by atoms with Gasteiger partial charge in [0.25, 0.3) is 0 Å². The second kappa shape index (κ2) is 8.30. The minimum Gasteiger partial charge on any atom is -0.465 e. The first kappa shape index (κ1) is 21.1. The molecule has 0 bridgehead atoms. The molecule has 0 amide bonds. The molecule has 8 nitrogen and oxygen atoms in total. The highest BCUT2D eigenvalue weighted by molar-refractivity contribution is 5.75. The van der Waals surface area contributed by atoms with Crippen LogP contribution < -0.4 is 0 Å². The zero-order valence-corrected chi connectivity index (χ0v) is 18.0. The molecular weight excluding hydrogens is 392 g/mol. The lowest BCUT2D eigenvalue weighted by atomic mass is 9.52. The highest BCUT2D eigenvalue weighted by atomic mass is 16.7. The number of hydrogen-bond donors (Lipinski definition) is 1. The molecule has 3 saturated carbocycles. The average molecular weight is 427 g/mol. The molecule has 2 saturated heterocycles. The summed E-state index contributed by atoms with van der Waals surface area (Å²) >= 11 is 0. The highest BCUT2D eigenvalue weighted by Crippen LogP contribution is 2.57. The molecule has 5 rings (SSSR count). The molecule has 5 fully saturated rings. The van der Waals surface area contributed by atoms with E-state index in [2.05, 4.69) is 0 Å². The van der Waals surface area contributed by atoms with Gasteiger partial charge in [0.05, 0.1) is 43.0 Å². The highest BCUT2D eigenvalue weighted by Gasteiger charge is 2.61. The fourth-order valence-corrected chi connectivity index (χ4v) is 7.40. The van der Waals surface area contributed by atoms with Crippen LogP contribution in [0.4, 0.5) is 0 Å². The van der Waals surface area contributed by atoms with Gasteiger partial charge in [0.2, 0.25) is 0 Å². The maximum absolute atomic E-state index is 12.9. The lowest BCUT2D eigenvalue weighted by Gasteiger charge is -2.54. The molecule has 1 N–H and O–H groups in total. The van der Waals surface area contributed by atoms with Crippen molar-refractivity contribution >= 4 is 5.97 Å². The van der Waals surface area contributed by atoms with Crippen molar-refractivity contribution in [2.24, 2.45) is 35.5 Å². The number of aliphatic hydroxyl groups excluding tert-OH is 1. The molecule has 0 radical (unpaired) electrons. The van der Waals surface area contributed by atoms with Crippen molar-refractivity contribution in [1.29, 1.82) is 0 Å². The van der Waals surface area contributed by atoms with Crippen LogP contribution >= 0.6 is 0 Å². The number of methoxy groups -OCH3 is 3. The van der Waals surface area contributed by atoms with E-state index in [0.717, 1.165) is 25.7 Å². The Labute approximate surface area is 177 Å². The second-order valence-corrected chi connectivity index (χ2v) is 9.69. The largest absolute Gasteiger partial charge is 0.465 e. The van der Waals surface area contributed by atoms with E-state index in [9.17, 15) is 9.90 Å². The molecule has 0 spiro atoms. The van der Waals surface area contributed by atoms with Crippen molar-refractivity contribution in [3.63, 3.8) is 0 Å². The fourth-order valence-electron chi connectivity index (χ4n) is 7.40. The summed E-state index contributed by atoms with van der Waals surface area (Å²) in [5.41, 5.74) is 0. The number of cyclic esters (lactones) is 1. The number of carbonyl (C=O) groups excluding carboxylic acids is 1. The van der Waals surface area contributed by atoms with E-state index in [-0.39, 0.29) is 72.0 Å². The van der Waals surface area contributed by atoms with Gasteiger partial charge >= 0.3 is 5.97 Å². The van der Waals surface area contributed by atoms with E-state index in [1.165, 1.54) is 0 Å². The van der Waals surface area contributed by atoms with Gasteiger partial charge in [-0.25, -0.2) is 0 Å². The average Bonchev–Trinajstić information content (AvgIpc) is 3.38. The van der Waals surface area contributed by atoms with Crippen molar-refractivity contribution in [2.75, 3.05) is 34.7 Å². The summed E-state index contributed by atoms with van der Waals surface area (Å²) in [4.78, 5) is 12.9. The minimum atomic E-state index is -0.542. The van der Waals surface area contributed by atoms with Crippen molar-refractivity contribution in [1.82, 2.24) is 0 Å². The summed E-state index contributed by atoms with van der Waals surface area (Å²) in [6, 6.07) is 0. The Morgan fingerprint density at radius 2 is 1.50 bits per heavy atom. The summed E-state index contributed by atoms with van der Waals surface area (Å²) < 4.78 is 34.4. The number of carbonyl (C=O) groups is 1. The van der Waals surface area contributed by atoms with Crippen LogP contribution in [0.3, 0.4) is 0 Å². The molecule has 0 aromatic rings. The molecule has 3 aliphatic carbocycles. The van der Waals surface area contributed by atoms with Gasteiger partial charge in [0.1, 0.15) is 12.9 Å². The van der Waals surface area contributed by atoms with Gasteiger partial charge in [-0.2, -0.15) is 0 Å². The molecule has 2 heterocycles. The van der Waals surface area contributed by atoms with Crippen molar-refractivity contribution in [3.05, 3.63) is 0 Å². The molecule has 0 aromatic carbocycles. The van der Waals surface area contributed by atoms with Crippen molar-refractivity contribution in [3.8, 4) is 0 Å². The summed E-state index contributed by atoms with van der Waals surface area (Å²) in [6.07, 6.45) is 2.42. The number of esters is 1.